The molecular formula is C20H20F6N4O3. The first kappa shape index (κ1) is 23.5. The van der Waals surface area contributed by atoms with Crippen LogP contribution in [0.15, 0.2) is 10.5 Å². The fraction of sp³-hybridized carbons (Fsp3) is 0.600. The molecule has 1 aliphatic carbocycles. The first-order valence-corrected chi connectivity index (χ1v) is 10.3. The summed E-state index contributed by atoms with van der Waals surface area (Å²) < 4.78 is 87.3. The van der Waals surface area contributed by atoms with Gasteiger partial charge >= 0.3 is 12.4 Å². The van der Waals surface area contributed by atoms with E-state index in [0.29, 0.717) is 25.3 Å². The van der Waals surface area contributed by atoms with Crippen LogP contribution in [0.1, 0.15) is 73.3 Å². The molecular weight excluding hydrogens is 458 g/mol. The van der Waals surface area contributed by atoms with Crippen LogP contribution >= 0.6 is 0 Å². The average molecular weight is 478 g/mol. The molecule has 180 valence electrons. The van der Waals surface area contributed by atoms with E-state index in [0.717, 1.165) is 0 Å². The zero-order chi connectivity index (χ0) is 24.2. The maximum Gasteiger partial charge on any atom is 0.426 e. The van der Waals surface area contributed by atoms with Crippen molar-refractivity contribution in [3.63, 3.8) is 0 Å². The van der Waals surface area contributed by atoms with Crippen LogP contribution in [-0.4, -0.2) is 32.2 Å². The van der Waals surface area contributed by atoms with E-state index in [-0.39, 0.29) is 25.7 Å². The third kappa shape index (κ3) is 3.85. The summed E-state index contributed by atoms with van der Waals surface area (Å²) >= 11 is 0. The highest BCUT2D eigenvalue weighted by atomic mass is 19.4. The van der Waals surface area contributed by atoms with E-state index in [2.05, 4.69) is 15.2 Å². The molecule has 7 nitrogen and oxygen atoms in total. The van der Waals surface area contributed by atoms with Gasteiger partial charge in [-0.05, 0) is 38.2 Å². The van der Waals surface area contributed by atoms with Gasteiger partial charge in [0.1, 0.15) is 5.69 Å². The van der Waals surface area contributed by atoms with Crippen LogP contribution in [0.4, 0.5) is 32.0 Å². The summed E-state index contributed by atoms with van der Waals surface area (Å²) in [4.78, 5) is 17.1. The molecule has 2 aromatic rings. The van der Waals surface area contributed by atoms with Crippen molar-refractivity contribution in [1.29, 1.82) is 0 Å². The number of carbonyl (C=O) groups is 1. The summed E-state index contributed by atoms with van der Waals surface area (Å²) in [6, 6.07) is 0.494. The predicted octanol–water partition coefficient (Wildman–Crippen LogP) is 4.80. The van der Waals surface area contributed by atoms with Crippen molar-refractivity contribution in [2.24, 2.45) is 5.41 Å². The third-order valence-electron chi connectivity index (χ3n) is 6.51. The number of rotatable bonds is 0. The molecule has 1 spiro atoms. The van der Waals surface area contributed by atoms with Gasteiger partial charge in [0.05, 0.1) is 11.3 Å². The van der Waals surface area contributed by atoms with E-state index in [9.17, 15) is 36.2 Å². The molecule has 3 N–H and O–H groups in total. The standard InChI is InChI=1S/C20H20F6N4O3/c21-19(22,23)10-9-11(27)13-15-29-30-16(33-15)18(32,20(24,25)26)8-3-1-2-5-17(6-4-7-17)14(31)12(10)28-13/h9,32H,1-8,27H2. The van der Waals surface area contributed by atoms with Gasteiger partial charge in [-0.25, -0.2) is 4.98 Å². The monoisotopic (exact) mass is 478 g/mol. The van der Waals surface area contributed by atoms with Crippen molar-refractivity contribution in [2.75, 3.05) is 5.73 Å². The van der Waals surface area contributed by atoms with Crippen molar-refractivity contribution < 1.29 is 40.7 Å². The highest BCUT2D eigenvalue weighted by Gasteiger charge is 2.58. The van der Waals surface area contributed by atoms with E-state index in [1.54, 1.807) is 0 Å². The lowest BCUT2D eigenvalue weighted by atomic mass is 9.62. The minimum atomic E-state index is -5.15. The Kier molecular flexibility index (Phi) is 5.45. The van der Waals surface area contributed by atoms with Gasteiger partial charge in [-0.2, -0.15) is 26.3 Å². The Labute approximate surface area is 183 Å². The number of carbonyl (C=O) groups excluding carboxylic acids is 1. The maximum atomic E-state index is 13.7. The van der Waals surface area contributed by atoms with Gasteiger partial charge in [0.25, 0.3) is 11.8 Å². The molecule has 13 heteroatoms. The Morgan fingerprint density at radius 3 is 2.15 bits per heavy atom. The molecule has 1 atom stereocenters. The second-order valence-electron chi connectivity index (χ2n) is 8.61. The Morgan fingerprint density at radius 2 is 1.58 bits per heavy atom. The second-order valence-corrected chi connectivity index (χ2v) is 8.61. The molecule has 0 radical (unpaired) electrons. The first-order valence-electron chi connectivity index (χ1n) is 10.3. The van der Waals surface area contributed by atoms with E-state index >= 15 is 0 Å². The lowest BCUT2D eigenvalue weighted by molar-refractivity contribution is -0.277. The maximum absolute atomic E-state index is 13.7. The van der Waals surface area contributed by atoms with E-state index in [4.69, 9.17) is 10.2 Å². The van der Waals surface area contributed by atoms with Gasteiger partial charge in [-0.1, -0.05) is 19.3 Å². The number of fused-ring (bicyclic) bond motifs is 5. The van der Waals surface area contributed by atoms with E-state index in [1.165, 1.54) is 0 Å². The highest BCUT2D eigenvalue weighted by molar-refractivity contribution is 6.01. The number of alkyl halides is 6. The van der Waals surface area contributed by atoms with Gasteiger partial charge in [0, 0.05) is 5.41 Å². The summed E-state index contributed by atoms with van der Waals surface area (Å²) in [6.45, 7) is 0. The fourth-order valence-electron chi connectivity index (χ4n) is 4.41. The molecule has 2 aliphatic rings. The Balaban J connectivity index is 1.92. The normalized spacial score (nSPS) is 23.8. The molecule has 0 saturated heterocycles. The molecule has 4 rings (SSSR count). The molecule has 0 amide bonds. The topological polar surface area (TPSA) is 115 Å². The van der Waals surface area contributed by atoms with Crippen molar-refractivity contribution in [2.45, 2.75) is 69.3 Å². The van der Waals surface area contributed by atoms with Gasteiger partial charge in [0.15, 0.2) is 11.5 Å². The number of aromatic nitrogens is 3. The molecule has 33 heavy (non-hydrogen) atoms. The van der Waals surface area contributed by atoms with Gasteiger partial charge in [-0.3, -0.25) is 4.79 Å². The van der Waals surface area contributed by atoms with E-state index < -0.39 is 70.0 Å². The van der Waals surface area contributed by atoms with Gasteiger partial charge in [0.2, 0.25) is 5.60 Å². The second kappa shape index (κ2) is 7.67. The van der Waals surface area contributed by atoms with Gasteiger partial charge < -0.3 is 15.3 Å². The number of nitrogens with two attached hydrogens (primary N) is 1. The molecule has 1 saturated carbocycles. The lowest BCUT2D eigenvalue weighted by Gasteiger charge is -2.41. The average Bonchev–Trinajstić information content (AvgIpc) is 3.16. The predicted molar refractivity (Wildman–Crippen MR) is 101 cm³/mol. The minimum absolute atomic E-state index is 0.0858. The fourth-order valence-corrected chi connectivity index (χ4v) is 4.41. The minimum Gasteiger partial charge on any atom is -0.416 e. The van der Waals surface area contributed by atoms with Crippen LogP contribution in [0.3, 0.4) is 0 Å². The number of hydrogen-bond acceptors (Lipinski definition) is 7. The Morgan fingerprint density at radius 1 is 0.939 bits per heavy atom. The van der Waals surface area contributed by atoms with Crippen LogP contribution in [0.5, 0.6) is 0 Å². The van der Waals surface area contributed by atoms with Crippen LogP contribution in [-0.2, 0) is 11.8 Å². The Bertz CT molecular complexity index is 1080. The van der Waals surface area contributed by atoms with Crippen LogP contribution in [0.2, 0.25) is 0 Å². The Hall–Kier alpha value is -2.70. The lowest BCUT2D eigenvalue weighted by Crippen LogP contribution is -2.42. The molecule has 2 aromatic heterocycles. The van der Waals surface area contributed by atoms with Crippen LogP contribution in [0.25, 0.3) is 11.6 Å². The zero-order valence-corrected chi connectivity index (χ0v) is 17.2. The molecule has 1 fully saturated rings. The summed E-state index contributed by atoms with van der Waals surface area (Å²) in [5, 5.41) is 17.1. The van der Waals surface area contributed by atoms with Crippen molar-refractivity contribution in [1.82, 2.24) is 15.2 Å². The van der Waals surface area contributed by atoms with Crippen LogP contribution < -0.4 is 5.73 Å². The van der Waals surface area contributed by atoms with Crippen molar-refractivity contribution in [3.8, 4) is 11.6 Å². The highest BCUT2D eigenvalue weighted by Crippen LogP contribution is 2.50. The number of anilines is 1. The molecule has 1 unspecified atom stereocenters. The molecule has 0 aromatic carbocycles. The summed E-state index contributed by atoms with van der Waals surface area (Å²) in [6.07, 6.45) is -8.91. The smallest absolute Gasteiger partial charge is 0.416 e. The number of nitrogen functional groups attached to an aromatic ring is 1. The molecule has 4 bridgehead atoms. The summed E-state index contributed by atoms with van der Waals surface area (Å²) in [5.74, 6) is -2.69. The quantitative estimate of drug-likeness (QED) is 0.523. The number of aliphatic hydroxyl groups is 1. The summed E-state index contributed by atoms with van der Waals surface area (Å²) in [5.41, 5.74) is -2.21. The number of halogens is 6. The van der Waals surface area contributed by atoms with Gasteiger partial charge in [-0.15, -0.1) is 10.2 Å². The zero-order valence-electron chi connectivity index (χ0n) is 17.2. The largest absolute Gasteiger partial charge is 0.426 e. The van der Waals surface area contributed by atoms with E-state index in [1.807, 2.05) is 0 Å². The number of Topliss-reactive ketones (excluding diaryl/α,β-unsaturated/α-hetero) is 1. The first-order chi connectivity index (χ1) is 15.3. The number of pyridine rings is 1. The molecule has 1 aliphatic heterocycles. The number of nitrogens with zero attached hydrogens (tertiary/aromatic N) is 3. The number of hydrogen-bond donors (Lipinski definition) is 2. The summed E-state index contributed by atoms with van der Waals surface area (Å²) in [7, 11) is 0. The third-order valence-corrected chi connectivity index (χ3v) is 6.51. The van der Waals surface area contributed by atoms with Crippen molar-refractivity contribution >= 4 is 11.5 Å². The number of ketones is 1. The van der Waals surface area contributed by atoms with Crippen LogP contribution in [0, 0.1) is 5.41 Å². The SMILES string of the molecule is Nc1cc(C(F)(F)F)c2nc1-c1nnc(o1)C(O)(C(F)(F)F)CCCCCC1(CCC1)C2=O. The van der Waals surface area contributed by atoms with Crippen molar-refractivity contribution in [3.05, 3.63) is 23.2 Å². The molecule has 3 heterocycles.